The van der Waals surface area contributed by atoms with Crippen molar-refractivity contribution in [3.8, 4) is 44.9 Å². The highest BCUT2D eigenvalue weighted by Crippen LogP contribution is 2.58. The van der Waals surface area contributed by atoms with Crippen LogP contribution < -0.4 is 9.47 Å². The summed E-state index contributed by atoms with van der Waals surface area (Å²) in [5, 5.41) is 4.16. The van der Waals surface area contributed by atoms with E-state index in [2.05, 4.69) is 182 Å². The Kier molecular flexibility index (Phi) is 9.01. The molecule has 2 aliphatic rings. The molecule has 0 atom stereocenters. The first-order valence-electron chi connectivity index (χ1n) is 22.4. The van der Waals surface area contributed by atoms with Crippen molar-refractivity contribution in [1.29, 1.82) is 0 Å². The molecular weight excluding hydrogens is 809 g/mol. The van der Waals surface area contributed by atoms with Gasteiger partial charge in [-0.2, -0.15) is 0 Å². The van der Waals surface area contributed by atoms with E-state index < -0.39 is 10.8 Å². The van der Waals surface area contributed by atoms with Crippen molar-refractivity contribution in [3.63, 3.8) is 0 Å². The van der Waals surface area contributed by atoms with Gasteiger partial charge < -0.3 is 9.47 Å². The zero-order valence-electron chi connectivity index (χ0n) is 36.4. The minimum Gasteiger partial charge on any atom is -0.427 e. The fourth-order valence-electron chi connectivity index (χ4n) is 11.2. The maximum Gasteiger partial charge on any atom is 0.308 e. The van der Waals surface area contributed by atoms with E-state index in [1.807, 2.05) is 36.4 Å². The van der Waals surface area contributed by atoms with Gasteiger partial charge in [-0.3, -0.25) is 9.59 Å². The molecule has 66 heavy (non-hydrogen) atoms. The summed E-state index contributed by atoms with van der Waals surface area (Å²) in [4.78, 5) is 23.5. The Labute approximate surface area is 383 Å². The van der Waals surface area contributed by atoms with Crippen molar-refractivity contribution >= 4 is 33.5 Å². The lowest BCUT2D eigenvalue weighted by Gasteiger charge is -2.34. The van der Waals surface area contributed by atoms with Gasteiger partial charge in [0.05, 0.1) is 10.8 Å². The van der Waals surface area contributed by atoms with Crippen LogP contribution in [0.15, 0.2) is 218 Å². The molecule has 0 saturated carbocycles. The first kappa shape index (κ1) is 39.3. The summed E-state index contributed by atoms with van der Waals surface area (Å²) in [6, 6.07) is 78.5. The maximum absolute atomic E-state index is 11.8. The quantitative estimate of drug-likeness (QED) is 0.118. The molecular formula is C62H42O4. The maximum atomic E-state index is 11.8. The van der Waals surface area contributed by atoms with E-state index in [4.69, 9.17) is 9.47 Å². The zero-order valence-corrected chi connectivity index (χ0v) is 36.4. The second-order valence-corrected chi connectivity index (χ2v) is 17.5. The highest BCUT2D eigenvalue weighted by atomic mass is 16.5. The summed E-state index contributed by atoms with van der Waals surface area (Å²) in [5.74, 6) is 0.406. The average Bonchev–Trinajstić information content (AvgIpc) is 3.82. The lowest BCUT2D eigenvalue weighted by Crippen LogP contribution is -2.28. The molecule has 4 nitrogen and oxygen atoms in total. The molecule has 0 spiro atoms. The second-order valence-electron chi connectivity index (χ2n) is 17.5. The Bertz CT molecular complexity index is 3270. The molecule has 0 N–H and O–H groups in total. The van der Waals surface area contributed by atoms with Crippen molar-refractivity contribution in [2.75, 3.05) is 0 Å². The van der Waals surface area contributed by atoms with Crippen LogP contribution in [-0.4, -0.2) is 11.9 Å². The predicted molar refractivity (Wildman–Crippen MR) is 264 cm³/mol. The van der Waals surface area contributed by atoms with E-state index in [0.717, 1.165) is 32.7 Å². The summed E-state index contributed by atoms with van der Waals surface area (Å²) in [5.41, 5.74) is 15.8. The molecule has 0 saturated heterocycles. The Morgan fingerprint density at radius 1 is 0.318 bits per heavy atom. The van der Waals surface area contributed by atoms with Gasteiger partial charge in [-0.05, 0) is 136 Å². The normalized spacial score (nSPS) is 13.7. The topological polar surface area (TPSA) is 52.6 Å². The highest BCUT2D eigenvalue weighted by Gasteiger charge is 2.47. The van der Waals surface area contributed by atoms with Gasteiger partial charge in [0.15, 0.2) is 0 Å². The molecule has 0 radical (unpaired) electrons. The molecule has 0 heterocycles. The summed E-state index contributed by atoms with van der Waals surface area (Å²) in [7, 11) is 0. The zero-order chi connectivity index (χ0) is 44.6. The molecule has 0 amide bonds. The van der Waals surface area contributed by atoms with Crippen molar-refractivity contribution in [3.05, 3.63) is 263 Å². The Balaban J connectivity index is 0.978. The van der Waals surface area contributed by atoms with Crippen molar-refractivity contribution in [2.24, 2.45) is 0 Å². The molecule has 314 valence electrons. The summed E-state index contributed by atoms with van der Waals surface area (Å²) < 4.78 is 10.9. The number of rotatable bonds is 7. The van der Waals surface area contributed by atoms with Gasteiger partial charge in [0.1, 0.15) is 11.5 Å². The van der Waals surface area contributed by atoms with Gasteiger partial charge in [0, 0.05) is 13.8 Å². The van der Waals surface area contributed by atoms with Crippen molar-refractivity contribution in [2.45, 2.75) is 24.7 Å². The van der Waals surface area contributed by atoms with Gasteiger partial charge >= 0.3 is 11.9 Å². The van der Waals surface area contributed by atoms with E-state index in [1.165, 1.54) is 80.6 Å². The van der Waals surface area contributed by atoms with Gasteiger partial charge in [0.25, 0.3) is 0 Å². The third-order valence-electron chi connectivity index (χ3n) is 13.9. The molecule has 2 aliphatic carbocycles. The van der Waals surface area contributed by atoms with Crippen LogP contribution in [-0.2, 0) is 20.4 Å². The van der Waals surface area contributed by atoms with E-state index >= 15 is 0 Å². The second kappa shape index (κ2) is 15.1. The number of carbonyl (C=O) groups excluding carboxylic acids is 2. The van der Waals surface area contributed by atoms with Crippen molar-refractivity contribution in [1.82, 2.24) is 0 Å². The van der Waals surface area contributed by atoms with Gasteiger partial charge in [-0.15, -0.1) is 0 Å². The SMILES string of the molecule is CC(=O)Oc1ccc2cc(C3(c4ccc(-c5ccc(C6(c7ccc8cc(OC(C)=O)ccc8c7)c7ccccc7-c7ccccc76)cc5)cc4)c4ccccc4-c4ccccc43)ccc2c1. The number of esters is 2. The summed E-state index contributed by atoms with van der Waals surface area (Å²) >= 11 is 0. The van der Waals surface area contributed by atoms with Crippen molar-refractivity contribution < 1.29 is 19.1 Å². The molecule has 10 aromatic rings. The summed E-state index contributed by atoms with van der Waals surface area (Å²) in [6.07, 6.45) is 0. The fraction of sp³-hybridized carbons (Fsp3) is 0.0645. The van der Waals surface area contributed by atoms with Crippen LogP contribution in [0.5, 0.6) is 11.5 Å². The molecule has 10 aromatic carbocycles. The number of hydrogen-bond donors (Lipinski definition) is 0. The Hall–Kier alpha value is -8.34. The van der Waals surface area contributed by atoms with Crippen LogP contribution in [0, 0.1) is 0 Å². The average molecular weight is 851 g/mol. The lowest BCUT2D eigenvalue weighted by atomic mass is 9.67. The number of hydrogen-bond acceptors (Lipinski definition) is 4. The lowest BCUT2D eigenvalue weighted by molar-refractivity contribution is -0.132. The monoisotopic (exact) mass is 850 g/mol. The third kappa shape index (κ3) is 5.92. The van der Waals surface area contributed by atoms with E-state index in [1.54, 1.807) is 0 Å². The van der Waals surface area contributed by atoms with E-state index in [0.29, 0.717) is 11.5 Å². The first-order chi connectivity index (χ1) is 32.3. The largest absolute Gasteiger partial charge is 0.427 e. The third-order valence-corrected chi connectivity index (χ3v) is 13.9. The molecule has 12 rings (SSSR count). The number of benzene rings is 10. The highest BCUT2D eigenvalue weighted by molar-refractivity contribution is 5.92. The summed E-state index contributed by atoms with van der Waals surface area (Å²) in [6.45, 7) is 2.85. The van der Waals surface area contributed by atoms with Crippen LogP contribution in [0.4, 0.5) is 0 Å². The number of carbonyl (C=O) groups is 2. The van der Waals surface area contributed by atoms with Crippen LogP contribution in [0.2, 0.25) is 0 Å². The molecule has 0 aromatic heterocycles. The molecule has 0 bridgehead atoms. The van der Waals surface area contributed by atoms with Crippen LogP contribution >= 0.6 is 0 Å². The fourth-order valence-corrected chi connectivity index (χ4v) is 11.2. The molecule has 0 aliphatic heterocycles. The van der Waals surface area contributed by atoms with Crippen LogP contribution in [0.25, 0.3) is 54.9 Å². The standard InChI is InChI=1S/C62H42O4/c1-39(63)65-51-33-25-43-35-49(31-23-45(43)37-51)61(57-15-7-3-11-53(57)54-12-4-8-16-58(54)61)47-27-19-41(20-28-47)42-21-29-48(30-22-42)62(59-17-9-5-13-55(59)56-14-6-10-18-60(56)62)50-32-24-46-38-52(66-40(2)64)34-26-44(46)36-50/h3-38H,1-2H3. The van der Waals surface area contributed by atoms with E-state index in [9.17, 15) is 9.59 Å². The van der Waals surface area contributed by atoms with Gasteiger partial charge in [-0.25, -0.2) is 0 Å². The van der Waals surface area contributed by atoms with Gasteiger partial charge in [-0.1, -0.05) is 182 Å². The van der Waals surface area contributed by atoms with Crippen LogP contribution in [0.1, 0.15) is 58.4 Å². The number of fused-ring (bicyclic) bond motifs is 8. The smallest absolute Gasteiger partial charge is 0.308 e. The van der Waals surface area contributed by atoms with Crippen LogP contribution in [0.3, 0.4) is 0 Å². The first-order valence-corrected chi connectivity index (χ1v) is 22.4. The minimum absolute atomic E-state index is 0.335. The van der Waals surface area contributed by atoms with E-state index in [-0.39, 0.29) is 11.9 Å². The minimum atomic E-state index is -0.574. The Morgan fingerprint density at radius 2 is 0.606 bits per heavy atom. The van der Waals surface area contributed by atoms with Gasteiger partial charge in [0.2, 0.25) is 0 Å². The molecule has 0 fully saturated rings. The predicted octanol–water partition coefficient (Wildman–Crippen LogP) is 14.2. The number of ether oxygens (including phenoxy) is 2. The molecule has 0 unspecified atom stereocenters. The Morgan fingerprint density at radius 3 is 0.939 bits per heavy atom. The molecule has 4 heteroatoms.